The van der Waals surface area contributed by atoms with E-state index in [0.717, 1.165) is 16.7 Å². The summed E-state index contributed by atoms with van der Waals surface area (Å²) >= 11 is 0. The van der Waals surface area contributed by atoms with E-state index >= 15 is 0 Å². The first kappa shape index (κ1) is 12.8. The normalized spacial score (nSPS) is 11.4. The Kier molecular flexibility index (Phi) is 3.82. The minimum atomic E-state index is -3.00. The van der Waals surface area contributed by atoms with Gasteiger partial charge in [-0.2, -0.15) is 0 Å². The van der Waals surface area contributed by atoms with E-state index in [0.29, 0.717) is 0 Å². The van der Waals surface area contributed by atoms with E-state index in [-0.39, 0.29) is 11.5 Å². The summed E-state index contributed by atoms with van der Waals surface area (Å²) in [5.74, 6) is 0.282. The fourth-order valence-electron chi connectivity index (χ4n) is 1.88. The van der Waals surface area contributed by atoms with Crippen molar-refractivity contribution in [3.05, 3.63) is 60.2 Å². The summed E-state index contributed by atoms with van der Waals surface area (Å²) in [5.41, 5.74) is 2.92. The molecule has 0 amide bonds. The standard InChI is InChI=1S/C15H16O2S/c1-2-18(16,17)12-14-10-6-7-11-15(14)13-8-4-3-5-9-13/h3-11H,2,12H2,1H3. The zero-order chi connectivity index (χ0) is 13.0. The molecule has 3 heteroatoms. The Morgan fingerprint density at radius 3 is 2.17 bits per heavy atom. The molecule has 2 aromatic carbocycles. The molecular formula is C15H16O2S. The fourth-order valence-corrected chi connectivity index (χ4v) is 2.81. The highest BCUT2D eigenvalue weighted by atomic mass is 32.2. The largest absolute Gasteiger partial charge is 0.229 e. The molecule has 0 aliphatic rings. The van der Waals surface area contributed by atoms with Crippen molar-refractivity contribution in [2.24, 2.45) is 0 Å². The lowest BCUT2D eigenvalue weighted by atomic mass is 10.0. The van der Waals surface area contributed by atoms with Crippen LogP contribution in [-0.4, -0.2) is 14.2 Å². The third kappa shape index (κ3) is 2.99. The van der Waals surface area contributed by atoms with Crippen molar-refractivity contribution in [3.63, 3.8) is 0 Å². The maximum absolute atomic E-state index is 11.8. The average Bonchev–Trinajstić information content (AvgIpc) is 2.40. The molecule has 0 atom stereocenters. The van der Waals surface area contributed by atoms with Gasteiger partial charge < -0.3 is 0 Å². The molecule has 2 nitrogen and oxygen atoms in total. The highest BCUT2D eigenvalue weighted by molar-refractivity contribution is 7.90. The van der Waals surface area contributed by atoms with E-state index < -0.39 is 9.84 Å². The van der Waals surface area contributed by atoms with Crippen LogP contribution in [0.4, 0.5) is 0 Å². The fraction of sp³-hybridized carbons (Fsp3) is 0.200. The lowest BCUT2D eigenvalue weighted by Gasteiger charge is -2.09. The lowest BCUT2D eigenvalue weighted by Crippen LogP contribution is -2.07. The Bertz CT molecular complexity index is 616. The van der Waals surface area contributed by atoms with Crippen molar-refractivity contribution in [3.8, 4) is 11.1 Å². The number of hydrogen-bond donors (Lipinski definition) is 0. The molecule has 0 fully saturated rings. The molecular weight excluding hydrogens is 244 g/mol. The number of sulfone groups is 1. The van der Waals surface area contributed by atoms with Crippen LogP contribution in [-0.2, 0) is 15.6 Å². The van der Waals surface area contributed by atoms with Crippen molar-refractivity contribution in [2.75, 3.05) is 5.75 Å². The van der Waals surface area contributed by atoms with Gasteiger partial charge in [-0.3, -0.25) is 0 Å². The smallest absolute Gasteiger partial charge is 0.154 e. The second kappa shape index (κ2) is 5.36. The van der Waals surface area contributed by atoms with Gasteiger partial charge in [-0.25, -0.2) is 8.42 Å². The maximum Gasteiger partial charge on any atom is 0.154 e. The van der Waals surface area contributed by atoms with Gasteiger partial charge in [0.05, 0.1) is 5.75 Å². The summed E-state index contributed by atoms with van der Waals surface area (Å²) in [7, 11) is -3.00. The second-order valence-corrected chi connectivity index (χ2v) is 6.55. The van der Waals surface area contributed by atoms with Crippen LogP contribution in [0.3, 0.4) is 0 Å². The highest BCUT2D eigenvalue weighted by Gasteiger charge is 2.12. The summed E-state index contributed by atoms with van der Waals surface area (Å²) in [4.78, 5) is 0. The monoisotopic (exact) mass is 260 g/mol. The number of rotatable bonds is 4. The van der Waals surface area contributed by atoms with E-state index in [1.165, 1.54) is 0 Å². The average molecular weight is 260 g/mol. The Labute approximate surface area is 108 Å². The maximum atomic E-state index is 11.8. The molecule has 0 unspecified atom stereocenters. The van der Waals surface area contributed by atoms with E-state index in [1.54, 1.807) is 6.92 Å². The Hall–Kier alpha value is -1.61. The first-order valence-electron chi connectivity index (χ1n) is 5.96. The quantitative estimate of drug-likeness (QED) is 0.845. The van der Waals surface area contributed by atoms with Gasteiger partial charge in [0.1, 0.15) is 0 Å². The first-order valence-corrected chi connectivity index (χ1v) is 7.78. The van der Waals surface area contributed by atoms with Crippen molar-refractivity contribution in [1.29, 1.82) is 0 Å². The second-order valence-electron chi connectivity index (χ2n) is 4.20. The first-order chi connectivity index (χ1) is 8.62. The highest BCUT2D eigenvalue weighted by Crippen LogP contribution is 2.24. The predicted molar refractivity (Wildman–Crippen MR) is 75.0 cm³/mol. The minimum Gasteiger partial charge on any atom is -0.229 e. The summed E-state index contributed by atoms with van der Waals surface area (Å²) in [6.07, 6.45) is 0. The van der Waals surface area contributed by atoms with E-state index in [9.17, 15) is 8.42 Å². The number of hydrogen-bond acceptors (Lipinski definition) is 2. The van der Waals surface area contributed by atoms with Crippen LogP contribution in [0.1, 0.15) is 12.5 Å². The van der Waals surface area contributed by atoms with E-state index in [1.807, 2.05) is 54.6 Å². The van der Waals surface area contributed by atoms with Crippen LogP contribution in [0.15, 0.2) is 54.6 Å². The summed E-state index contributed by atoms with van der Waals surface area (Å²) < 4.78 is 23.5. The molecule has 94 valence electrons. The predicted octanol–water partition coefficient (Wildman–Crippen LogP) is 3.29. The van der Waals surface area contributed by atoms with Crippen molar-refractivity contribution in [2.45, 2.75) is 12.7 Å². The molecule has 0 N–H and O–H groups in total. The molecule has 0 radical (unpaired) electrons. The van der Waals surface area contributed by atoms with E-state index in [4.69, 9.17) is 0 Å². The molecule has 2 aromatic rings. The lowest BCUT2D eigenvalue weighted by molar-refractivity contribution is 0.596. The molecule has 0 saturated heterocycles. The van der Waals surface area contributed by atoms with Gasteiger partial charge in [0.25, 0.3) is 0 Å². The van der Waals surface area contributed by atoms with Gasteiger partial charge >= 0.3 is 0 Å². The van der Waals surface area contributed by atoms with Crippen molar-refractivity contribution in [1.82, 2.24) is 0 Å². The molecule has 0 spiro atoms. The van der Waals surface area contributed by atoms with Gasteiger partial charge in [0, 0.05) is 5.75 Å². The third-order valence-electron chi connectivity index (χ3n) is 2.92. The SMILES string of the molecule is CCS(=O)(=O)Cc1ccccc1-c1ccccc1. The zero-order valence-electron chi connectivity index (χ0n) is 10.3. The Morgan fingerprint density at radius 2 is 1.50 bits per heavy atom. The Balaban J connectivity index is 2.44. The van der Waals surface area contributed by atoms with Crippen LogP contribution < -0.4 is 0 Å². The summed E-state index contributed by atoms with van der Waals surface area (Å²) in [6, 6.07) is 17.5. The number of benzene rings is 2. The van der Waals surface area contributed by atoms with Crippen molar-refractivity contribution >= 4 is 9.84 Å². The van der Waals surface area contributed by atoms with Gasteiger partial charge in [0.15, 0.2) is 9.84 Å². The van der Waals surface area contributed by atoms with Gasteiger partial charge in [-0.1, -0.05) is 61.5 Å². The van der Waals surface area contributed by atoms with Gasteiger partial charge in [-0.15, -0.1) is 0 Å². The minimum absolute atomic E-state index is 0.106. The summed E-state index contributed by atoms with van der Waals surface area (Å²) in [6.45, 7) is 1.68. The molecule has 0 aliphatic heterocycles. The molecule has 0 heterocycles. The Morgan fingerprint density at radius 1 is 0.889 bits per heavy atom. The topological polar surface area (TPSA) is 34.1 Å². The molecule has 0 bridgehead atoms. The van der Waals surface area contributed by atoms with Crippen LogP contribution >= 0.6 is 0 Å². The van der Waals surface area contributed by atoms with Crippen LogP contribution in [0.25, 0.3) is 11.1 Å². The third-order valence-corrected chi connectivity index (χ3v) is 4.55. The van der Waals surface area contributed by atoms with Gasteiger partial charge in [0.2, 0.25) is 0 Å². The van der Waals surface area contributed by atoms with Crippen LogP contribution in [0.5, 0.6) is 0 Å². The molecule has 0 aliphatic carbocycles. The molecule has 18 heavy (non-hydrogen) atoms. The van der Waals surface area contributed by atoms with E-state index in [2.05, 4.69) is 0 Å². The molecule has 2 rings (SSSR count). The van der Waals surface area contributed by atoms with Crippen molar-refractivity contribution < 1.29 is 8.42 Å². The molecule has 0 aromatic heterocycles. The summed E-state index contributed by atoms with van der Waals surface area (Å²) in [5, 5.41) is 0. The van der Waals surface area contributed by atoms with Gasteiger partial charge in [-0.05, 0) is 16.7 Å². The molecule has 0 saturated carbocycles. The van der Waals surface area contributed by atoms with Crippen LogP contribution in [0, 0.1) is 0 Å². The van der Waals surface area contributed by atoms with Crippen LogP contribution in [0.2, 0.25) is 0 Å². The zero-order valence-corrected chi connectivity index (χ0v) is 11.2.